The van der Waals surface area contributed by atoms with Gasteiger partial charge in [-0.25, -0.2) is 9.67 Å². The van der Waals surface area contributed by atoms with Crippen molar-refractivity contribution in [2.24, 2.45) is 0 Å². The third-order valence-electron chi connectivity index (χ3n) is 1.97. The first-order chi connectivity index (χ1) is 7.47. The van der Waals surface area contributed by atoms with Crippen molar-refractivity contribution >= 4 is 22.9 Å². The molecule has 0 saturated heterocycles. The van der Waals surface area contributed by atoms with Crippen LogP contribution in [0.3, 0.4) is 0 Å². The number of nitrogens with zero attached hydrogens (tertiary/aromatic N) is 3. The van der Waals surface area contributed by atoms with Crippen LogP contribution >= 0.6 is 22.9 Å². The third-order valence-corrected chi connectivity index (χ3v) is 3.31. The van der Waals surface area contributed by atoms with Crippen molar-refractivity contribution < 1.29 is 5.11 Å². The summed E-state index contributed by atoms with van der Waals surface area (Å²) in [5.41, 5.74) is -0.827. The van der Waals surface area contributed by atoms with Crippen molar-refractivity contribution in [3.8, 4) is 10.7 Å². The van der Waals surface area contributed by atoms with Crippen LogP contribution in [0.25, 0.3) is 10.7 Å². The van der Waals surface area contributed by atoms with Crippen LogP contribution in [0.4, 0.5) is 0 Å². The van der Waals surface area contributed by atoms with Gasteiger partial charge < -0.3 is 5.11 Å². The molecule has 4 nitrogen and oxygen atoms in total. The summed E-state index contributed by atoms with van der Waals surface area (Å²) in [5.74, 6) is 0.696. The van der Waals surface area contributed by atoms with Gasteiger partial charge >= 0.3 is 0 Å². The van der Waals surface area contributed by atoms with Gasteiger partial charge in [0.2, 0.25) is 0 Å². The maximum atomic E-state index is 9.76. The van der Waals surface area contributed by atoms with Crippen LogP contribution in [0.2, 0.25) is 5.02 Å². The van der Waals surface area contributed by atoms with Gasteiger partial charge in [0.1, 0.15) is 6.33 Å². The number of aromatic nitrogens is 3. The third kappa shape index (κ3) is 2.42. The van der Waals surface area contributed by atoms with Gasteiger partial charge in [-0.05, 0) is 25.3 Å². The zero-order valence-electron chi connectivity index (χ0n) is 9.01. The van der Waals surface area contributed by atoms with Gasteiger partial charge in [0.05, 0.1) is 22.0 Å². The molecule has 0 atom stereocenters. The molecule has 2 aromatic rings. The van der Waals surface area contributed by atoms with Crippen molar-refractivity contribution in [3.63, 3.8) is 0 Å². The highest BCUT2D eigenvalue weighted by Crippen LogP contribution is 2.31. The first kappa shape index (κ1) is 11.6. The fourth-order valence-electron chi connectivity index (χ4n) is 1.38. The summed E-state index contributed by atoms with van der Waals surface area (Å²) >= 11 is 7.55. The molecule has 1 N–H and O–H groups in total. The Labute approximate surface area is 103 Å². The summed E-state index contributed by atoms with van der Waals surface area (Å²) in [6.07, 6.45) is 1.47. The first-order valence-electron chi connectivity index (χ1n) is 4.81. The Hall–Kier alpha value is -0.910. The van der Waals surface area contributed by atoms with Gasteiger partial charge in [-0.3, -0.25) is 0 Å². The van der Waals surface area contributed by atoms with Crippen LogP contribution in [0.5, 0.6) is 0 Å². The van der Waals surface area contributed by atoms with Crippen molar-refractivity contribution in [1.82, 2.24) is 14.8 Å². The number of halogens is 1. The molecule has 0 saturated carbocycles. The fraction of sp³-hybridized carbons (Fsp3) is 0.400. The monoisotopic (exact) mass is 257 g/mol. The summed E-state index contributed by atoms with van der Waals surface area (Å²) in [7, 11) is 0. The Morgan fingerprint density at radius 2 is 2.31 bits per heavy atom. The predicted molar refractivity (Wildman–Crippen MR) is 64.6 cm³/mol. The van der Waals surface area contributed by atoms with Crippen LogP contribution in [-0.2, 0) is 6.54 Å². The summed E-state index contributed by atoms with van der Waals surface area (Å²) in [5, 5.41) is 16.4. The largest absolute Gasteiger partial charge is 0.389 e. The van der Waals surface area contributed by atoms with E-state index in [4.69, 9.17) is 11.6 Å². The molecule has 0 aliphatic carbocycles. The van der Waals surface area contributed by atoms with E-state index in [9.17, 15) is 5.11 Å². The summed E-state index contributed by atoms with van der Waals surface area (Å²) in [6, 6.07) is 1.82. The maximum Gasteiger partial charge on any atom is 0.169 e. The van der Waals surface area contributed by atoms with E-state index in [1.54, 1.807) is 18.5 Å². The molecule has 16 heavy (non-hydrogen) atoms. The van der Waals surface area contributed by atoms with E-state index < -0.39 is 5.60 Å². The molecule has 0 radical (unpaired) electrons. The lowest BCUT2D eigenvalue weighted by atomic mass is 10.1. The number of thiophene rings is 1. The molecule has 0 bridgehead atoms. The quantitative estimate of drug-likeness (QED) is 0.919. The SMILES string of the molecule is CC(C)(O)Cn1ncnc1-c1sccc1Cl. The van der Waals surface area contributed by atoms with Crippen molar-refractivity contribution in [1.29, 1.82) is 0 Å². The van der Waals surface area contributed by atoms with Crippen molar-refractivity contribution in [2.75, 3.05) is 0 Å². The minimum atomic E-state index is -0.827. The second-order valence-electron chi connectivity index (χ2n) is 4.15. The fourth-order valence-corrected chi connectivity index (χ4v) is 2.52. The maximum absolute atomic E-state index is 9.76. The summed E-state index contributed by atoms with van der Waals surface area (Å²) in [4.78, 5) is 5.05. The molecule has 6 heteroatoms. The van der Waals surface area contributed by atoms with Crippen LogP contribution in [-0.4, -0.2) is 25.5 Å². The van der Waals surface area contributed by atoms with E-state index in [0.29, 0.717) is 17.4 Å². The summed E-state index contributed by atoms with van der Waals surface area (Å²) in [6.45, 7) is 3.85. The molecule has 0 unspecified atom stereocenters. The van der Waals surface area contributed by atoms with E-state index in [-0.39, 0.29) is 0 Å². The molecular weight excluding hydrogens is 246 g/mol. The molecular formula is C10H12ClN3OS. The standard InChI is InChI=1S/C10H12ClN3OS/c1-10(2,15)5-14-9(12-6-13-14)8-7(11)3-4-16-8/h3-4,6,15H,5H2,1-2H3. The van der Waals surface area contributed by atoms with E-state index in [1.165, 1.54) is 17.7 Å². The van der Waals surface area contributed by atoms with Gasteiger partial charge in [-0.2, -0.15) is 5.10 Å². The highest BCUT2D eigenvalue weighted by atomic mass is 35.5. The smallest absolute Gasteiger partial charge is 0.169 e. The number of hydrogen-bond donors (Lipinski definition) is 1. The van der Waals surface area contributed by atoms with Gasteiger partial charge in [0.25, 0.3) is 0 Å². The van der Waals surface area contributed by atoms with Crippen LogP contribution in [0, 0.1) is 0 Å². The van der Waals surface area contributed by atoms with Crippen molar-refractivity contribution in [3.05, 3.63) is 22.8 Å². The Kier molecular flexibility index (Phi) is 3.01. The Bertz CT molecular complexity index is 486. The Morgan fingerprint density at radius 3 is 2.88 bits per heavy atom. The van der Waals surface area contributed by atoms with E-state index >= 15 is 0 Å². The lowest BCUT2D eigenvalue weighted by Crippen LogP contribution is -2.27. The molecule has 0 fully saturated rings. The second-order valence-corrected chi connectivity index (χ2v) is 5.47. The molecule has 0 aromatic carbocycles. The lowest BCUT2D eigenvalue weighted by Gasteiger charge is -2.17. The average molecular weight is 258 g/mol. The van der Waals surface area contributed by atoms with E-state index in [2.05, 4.69) is 10.1 Å². The molecule has 0 spiro atoms. The van der Waals surface area contributed by atoms with Gasteiger partial charge in [-0.1, -0.05) is 11.6 Å². The molecule has 0 amide bonds. The lowest BCUT2D eigenvalue weighted by molar-refractivity contribution is 0.0582. The minimum Gasteiger partial charge on any atom is -0.389 e. The second kappa shape index (κ2) is 4.16. The highest BCUT2D eigenvalue weighted by molar-refractivity contribution is 7.14. The predicted octanol–water partition coefficient (Wildman–Crippen LogP) is 2.43. The zero-order valence-corrected chi connectivity index (χ0v) is 10.6. The topological polar surface area (TPSA) is 50.9 Å². The molecule has 2 aromatic heterocycles. The number of rotatable bonds is 3. The van der Waals surface area contributed by atoms with Gasteiger partial charge in [0, 0.05) is 0 Å². The summed E-state index contributed by atoms with van der Waals surface area (Å²) < 4.78 is 1.66. The molecule has 0 aliphatic rings. The minimum absolute atomic E-state index is 0.385. The van der Waals surface area contributed by atoms with Gasteiger partial charge in [0.15, 0.2) is 5.82 Å². The van der Waals surface area contributed by atoms with Crippen LogP contribution in [0.15, 0.2) is 17.8 Å². The Balaban J connectivity index is 2.37. The van der Waals surface area contributed by atoms with E-state index in [0.717, 1.165) is 4.88 Å². The Morgan fingerprint density at radius 1 is 1.56 bits per heavy atom. The molecule has 86 valence electrons. The zero-order chi connectivity index (χ0) is 11.8. The van der Waals surface area contributed by atoms with Crippen LogP contribution < -0.4 is 0 Å². The van der Waals surface area contributed by atoms with E-state index in [1.807, 2.05) is 11.4 Å². The van der Waals surface area contributed by atoms with Crippen LogP contribution in [0.1, 0.15) is 13.8 Å². The van der Waals surface area contributed by atoms with Gasteiger partial charge in [-0.15, -0.1) is 11.3 Å². The molecule has 2 heterocycles. The van der Waals surface area contributed by atoms with Crippen molar-refractivity contribution in [2.45, 2.75) is 26.0 Å². The molecule has 0 aliphatic heterocycles. The highest BCUT2D eigenvalue weighted by Gasteiger charge is 2.19. The average Bonchev–Trinajstić information content (AvgIpc) is 2.71. The first-order valence-corrected chi connectivity index (χ1v) is 6.07. The number of hydrogen-bond acceptors (Lipinski definition) is 4. The molecule has 2 rings (SSSR count). The number of aliphatic hydroxyl groups is 1. The normalized spacial score (nSPS) is 12.0.